The Hall–Kier alpha value is -2.63. The topological polar surface area (TPSA) is 76.9 Å². The summed E-state index contributed by atoms with van der Waals surface area (Å²) in [6.45, 7) is 1.79. The number of pyridine rings is 1. The van der Waals surface area contributed by atoms with Crippen LogP contribution in [0.5, 0.6) is 0 Å². The van der Waals surface area contributed by atoms with Gasteiger partial charge in [0, 0.05) is 5.69 Å². The van der Waals surface area contributed by atoms with Crippen LogP contribution in [0.25, 0.3) is 0 Å². The molecule has 0 aliphatic heterocycles. The van der Waals surface area contributed by atoms with Gasteiger partial charge in [-0.2, -0.15) is 0 Å². The molecule has 0 bridgehead atoms. The second-order valence-electron chi connectivity index (χ2n) is 4.14. The smallest absolute Gasteiger partial charge is 0.330 e. The molecule has 0 radical (unpaired) electrons. The van der Waals surface area contributed by atoms with Gasteiger partial charge in [0.15, 0.2) is 0 Å². The highest BCUT2D eigenvalue weighted by Gasteiger charge is 2.20. The number of benzene rings is 1. The van der Waals surface area contributed by atoms with Gasteiger partial charge in [-0.1, -0.05) is 12.1 Å². The number of hydrogen-bond acceptors (Lipinski definition) is 1. The molecule has 0 unspecified atom stereocenters. The zero-order chi connectivity index (χ0) is 14.7. The molecule has 0 fully saturated rings. The largest absolute Gasteiger partial charge is 0.361 e. The lowest BCUT2D eigenvalue weighted by atomic mass is 10.2. The molecule has 0 spiro atoms. The van der Waals surface area contributed by atoms with E-state index in [0.29, 0.717) is 5.69 Å². The van der Waals surface area contributed by atoms with Gasteiger partial charge < -0.3 is 5.73 Å². The van der Waals surface area contributed by atoms with Gasteiger partial charge in [0.25, 0.3) is 5.84 Å². The Balaban J connectivity index is 2.37. The molecule has 1 heterocycles. The van der Waals surface area contributed by atoms with Gasteiger partial charge in [0.2, 0.25) is 0 Å². The highest BCUT2D eigenvalue weighted by molar-refractivity contribution is 6.08. The van der Waals surface area contributed by atoms with E-state index in [1.807, 2.05) is 0 Å². The van der Waals surface area contributed by atoms with Crippen molar-refractivity contribution >= 4 is 11.7 Å². The van der Waals surface area contributed by atoms with E-state index in [0.717, 1.165) is 17.8 Å². The standard InChI is InChI=1S/C14H12F2N4/c1-8-4-2-7-11(19-8)13(17)20-14(18)12-9(15)5-3-6-10(12)16/h2-7H,1H3,(H3,17,18,20)/p+1. The van der Waals surface area contributed by atoms with Gasteiger partial charge in [-0.05, 0) is 36.2 Å². The van der Waals surface area contributed by atoms with E-state index in [1.54, 1.807) is 25.1 Å². The highest BCUT2D eigenvalue weighted by Crippen LogP contribution is 2.12. The fraction of sp³-hybridized carbons (Fsp3) is 0.0714. The van der Waals surface area contributed by atoms with Crippen molar-refractivity contribution in [1.82, 2.24) is 4.98 Å². The summed E-state index contributed by atoms with van der Waals surface area (Å²) in [6, 6.07) is 8.62. The molecule has 4 N–H and O–H groups in total. The maximum Gasteiger partial charge on any atom is 0.330 e. The van der Waals surface area contributed by atoms with Crippen molar-refractivity contribution in [3.63, 3.8) is 0 Å². The van der Waals surface area contributed by atoms with E-state index >= 15 is 0 Å². The average molecular weight is 275 g/mol. The molecule has 20 heavy (non-hydrogen) atoms. The summed E-state index contributed by atoms with van der Waals surface area (Å²) in [6.07, 6.45) is 0. The molecule has 2 rings (SSSR count). The van der Waals surface area contributed by atoms with Crippen LogP contribution in [-0.4, -0.2) is 16.7 Å². The number of nitrogens with zero attached hydrogens (tertiary/aromatic N) is 2. The maximum absolute atomic E-state index is 13.6. The molecular weight excluding hydrogens is 262 g/mol. The first-order valence-corrected chi connectivity index (χ1v) is 5.84. The minimum absolute atomic E-state index is 0.00569. The monoisotopic (exact) mass is 275 g/mol. The lowest BCUT2D eigenvalue weighted by Gasteiger charge is -1.99. The molecule has 2 aromatic rings. The molecule has 0 amide bonds. The van der Waals surface area contributed by atoms with Crippen molar-refractivity contribution < 1.29 is 14.2 Å². The summed E-state index contributed by atoms with van der Waals surface area (Å²) in [5.74, 6) is -1.93. The Morgan fingerprint density at radius 3 is 2.35 bits per heavy atom. The summed E-state index contributed by atoms with van der Waals surface area (Å²) in [7, 11) is 0. The molecule has 0 atom stereocenters. The van der Waals surface area contributed by atoms with Gasteiger partial charge in [0.1, 0.15) is 22.9 Å². The predicted molar refractivity (Wildman–Crippen MR) is 72.1 cm³/mol. The minimum atomic E-state index is -0.795. The van der Waals surface area contributed by atoms with Crippen LogP contribution in [0.15, 0.2) is 41.4 Å². The van der Waals surface area contributed by atoms with E-state index < -0.39 is 17.2 Å². The van der Waals surface area contributed by atoms with Crippen LogP contribution >= 0.6 is 0 Å². The van der Waals surface area contributed by atoms with Crippen molar-refractivity contribution in [2.24, 2.45) is 10.7 Å². The Labute approximate surface area is 114 Å². The third kappa shape index (κ3) is 2.85. The fourth-order valence-electron chi connectivity index (χ4n) is 1.67. The lowest BCUT2D eigenvalue weighted by molar-refractivity contribution is -0.114. The minimum Gasteiger partial charge on any atom is -0.361 e. The molecule has 0 saturated carbocycles. The van der Waals surface area contributed by atoms with Crippen molar-refractivity contribution in [2.75, 3.05) is 0 Å². The first-order chi connectivity index (χ1) is 9.49. The second kappa shape index (κ2) is 5.56. The molecule has 0 aliphatic carbocycles. The number of aryl methyl sites for hydroxylation is 1. The highest BCUT2D eigenvalue weighted by atomic mass is 19.1. The number of halogens is 2. The number of nitrogens with two attached hydrogens (primary N) is 2. The van der Waals surface area contributed by atoms with Crippen LogP contribution in [0.1, 0.15) is 17.0 Å². The van der Waals surface area contributed by atoms with Crippen LogP contribution in [0.4, 0.5) is 8.78 Å². The normalized spacial score (nSPS) is 11.4. The van der Waals surface area contributed by atoms with Gasteiger partial charge >= 0.3 is 5.84 Å². The van der Waals surface area contributed by atoms with Gasteiger partial charge in [-0.25, -0.2) is 13.8 Å². The van der Waals surface area contributed by atoms with Crippen LogP contribution < -0.4 is 11.1 Å². The number of hydrogen-bond donors (Lipinski definition) is 2. The number of rotatable bonds is 2. The molecule has 1 aromatic carbocycles. The summed E-state index contributed by atoms with van der Waals surface area (Å²) in [4.78, 5) is 7.98. The SMILES string of the molecule is Cc1cccc(C(N)=NC(=[NH2+])c2c(F)cccc2F)n1. The molecule has 4 nitrogen and oxygen atoms in total. The zero-order valence-corrected chi connectivity index (χ0v) is 10.8. The van der Waals surface area contributed by atoms with Crippen molar-refractivity contribution in [3.8, 4) is 0 Å². The van der Waals surface area contributed by atoms with Crippen LogP contribution in [0.2, 0.25) is 0 Å². The molecule has 102 valence electrons. The summed E-state index contributed by atoms with van der Waals surface area (Å²) in [5, 5.41) is 5.61. The Morgan fingerprint density at radius 2 is 1.75 bits per heavy atom. The molecule has 0 saturated heterocycles. The van der Waals surface area contributed by atoms with E-state index in [9.17, 15) is 8.78 Å². The Bertz CT molecular complexity index is 675. The van der Waals surface area contributed by atoms with Crippen LogP contribution in [0.3, 0.4) is 0 Å². The maximum atomic E-state index is 13.6. The summed E-state index contributed by atoms with van der Waals surface area (Å²) >= 11 is 0. The van der Waals surface area contributed by atoms with E-state index in [2.05, 4.69) is 9.98 Å². The third-order valence-electron chi connectivity index (χ3n) is 2.61. The number of amidine groups is 2. The number of aliphatic imine (C=N–C) groups is 1. The molecular formula is C14H13F2N4+. The van der Waals surface area contributed by atoms with E-state index in [4.69, 9.17) is 11.1 Å². The first-order valence-electron chi connectivity index (χ1n) is 5.84. The average Bonchev–Trinajstić information content (AvgIpc) is 2.38. The predicted octanol–water partition coefficient (Wildman–Crippen LogP) is 0.579. The Morgan fingerprint density at radius 1 is 1.15 bits per heavy atom. The molecule has 1 aromatic heterocycles. The van der Waals surface area contributed by atoms with Gasteiger partial charge in [-0.15, -0.1) is 0 Å². The number of aromatic nitrogens is 1. The van der Waals surface area contributed by atoms with Crippen molar-refractivity contribution in [3.05, 3.63) is 65.0 Å². The quantitative estimate of drug-likeness (QED) is 0.621. The van der Waals surface area contributed by atoms with Crippen LogP contribution in [-0.2, 0) is 0 Å². The third-order valence-corrected chi connectivity index (χ3v) is 2.61. The van der Waals surface area contributed by atoms with Crippen molar-refractivity contribution in [1.29, 1.82) is 0 Å². The van der Waals surface area contributed by atoms with Gasteiger partial charge in [0.05, 0.1) is 0 Å². The second-order valence-corrected chi connectivity index (χ2v) is 4.14. The van der Waals surface area contributed by atoms with E-state index in [-0.39, 0.29) is 11.7 Å². The fourth-order valence-corrected chi connectivity index (χ4v) is 1.67. The van der Waals surface area contributed by atoms with Gasteiger partial charge in [-0.3, -0.25) is 5.41 Å². The van der Waals surface area contributed by atoms with E-state index in [1.165, 1.54) is 6.07 Å². The summed E-state index contributed by atoms with van der Waals surface area (Å²) in [5.41, 5.74) is 6.48. The molecule has 6 heteroatoms. The Kier molecular flexibility index (Phi) is 3.84. The lowest BCUT2D eigenvalue weighted by Crippen LogP contribution is -2.41. The molecule has 0 aliphatic rings. The zero-order valence-electron chi connectivity index (χ0n) is 10.8. The van der Waals surface area contributed by atoms with Crippen molar-refractivity contribution in [2.45, 2.75) is 6.92 Å². The summed E-state index contributed by atoms with van der Waals surface area (Å²) < 4.78 is 27.1. The van der Waals surface area contributed by atoms with Crippen LogP contribution in [0, 0.1) is 18.6 Å². The first kappa shape index (κ1) is 13.8.